The maximum Gasteiger partial charge on any atom is 0.119 e. The number of benzene rings is 1. The molecular weight excluding hydrogens is 354 g/mol. The van der Waals surface area contributed by atoms with Crippen molar-refractivity contribution in [3.63, 3.8) is 0 Å². The Hall–Kier alpha value is -1.83. The topological polar surface area (TPSA) is 22.1 Å². The maximum atomic E-state index is 6.03. The summed E-state index contributed by atoms with van der Waals surface area (Å²) in [6.45, 7) is 5.39. The van der Waals surface area contributed by atoms with Crippen LogP contribution in [0.3, 0.4) is 0 Å². The van der Waals surface area contributed by atoms with Gasteiger partial charge >= 0.3 is 0 Å². The highest BCUT2D eigenvalue weighted by atomic mass is 16.5. The first kappa shape index (κ1) is 21.9. The Morgan fingerprint density at radius 2 is 1.62 bits per heavy atom. The molecule has 1 fully saturated rings. The molecule has 1 aliphatic rings. The van der Waals surface area contributed by atoms with Crippen molar-refractivity contribution in [2.75, 3.05) is 6.61 Å². The fraction of sp³-hybridized carbons (Fsp3) is 0.593. The normalized spacial score (nSPS) is 19.2. The number of hydrogen-bond acceptors (Lipinski definition) is 2. The summed E-state index contributed by atoms with van der Waals surface area (Å²) in [5.74, 6) is 2.87. The van der Waals surface area contributed by atoms with E-state index in [1.807, 2.05) is 6.20 Å². The molecule has 1 saturated carbocycles. The number of hydrogen-bond donors (Lipinski definition) is 0. The first-order chi connectivity index (χ1) is 14.3. The smallest absolute Gasteiger partial charge is 0.119 e. The Balaban J connectivity index is 1.43. The summed E-state index contributed by atoms with van der Waals surface area (Å²) in [6, 6.07) is 12.8. The van der Waals surface area contributed by atoms with E-state index >= 15 is 0 Å². The second-order valence-electron chi connectivity index (χ2n) is 8.76. The number of aromatic nitrogens is 1. The molecule has 0 aliphatic heterocycles. The van der Waals surface area contributed by atoms with E-state index in [2.05, 4.69) is 55.2 Å². The summed E-state index contributed by atoms with van der Waals surface area (Å²) in [7, 11) is 0. The molecule has 0 saturated heterocycles. The van der Waals surface area contributed by atoms with Gasteiger partial charge in [-0.05, 0) is 73.4 Å². The molecule has 1 aromatic heterocycles. The molecule has 0 spiro atoms. The van der Waals surface area contributed by atoms with Crippen LogP contribution in [0.4, 0.5) is 0 Å². The number of rotatable bonds is 11. The molecule has 0 bridgehead atoms. The number of pyridine rings is 1. The molecule has 0 amide bonds. The van der Waals surface area contributed by atoms with E-state index in [0.717, 1.165) is 41.9 Å². The predicted molar refractivity (Wildman–Crippen MR) is 123 cm³/mol. The SMILES string of the molecule is CCCCc1ccc(-c2ccc(OCCCC3CCCCC3CCC)cc2)nc1. The summed E-state index contributed by atoms with van der Waals surface area (Å²) in [6.07, 6.45) is 16.6. The summed E-state index contributed by atoms with van der Waals surface area (Å²) in [5, 5.41) is 0. The Labute approximate surface area is 178 Å². The van der Waals surface area contributed by atoms with Gasteiger partial charge in [-0.2, -0.15) is 0 Å². The third-order valence-electron chi connectivity index (χ3n) is 6.51. The van der Waals surface area contributed by atoms with E-state index in [1.54, 1.807) is 0 Å². The standard InChI is InChI=1S/C27H39NO/c1-3-5-10-22-14-19-27(28-21-22)25-15-17-26(18-16-25)29-20-8-13-24-12-7-6-11-23(24)9-4-2/h14-19,21,23-24H,3-13,20H2,1-2H3. The third kappa shape index (κ3) is 6.87. The fourth-order valence-electron chi connectivity index (χ4n) is 4.80. The monoisotopic (exact) mass is 393 g/mol. The van der Waals surface area contributed by atoms with Crippen molar-refractivity contribution < 1.29 is 4.74 Å². The molecule has 2 atom stereocenters. The number of aryl methyl sites for hydroxylation is 1. The fourth-order valence-corrected chi connectivity index (χ4v) is 4.80. The van der Waals surface area contributed by atoms with Gasteiger partial charge in [-0.3, -0.25) is 4.98 Å². The predicted octanol–water partition coefficient (Wildman–Crippen LogP) is 7.86. The van der Waals surface area contributed by atoms with Crippen LogP contribution in [-0.4, -0.2) is 11.6 Å². The van der Waals surface area contributed by atoms with Crippen LogP contribution in [0.1, 0.15) is 83.6 Å². The van der Waals surface area contributed by atoms with E-state index in [1.165, 1.54) is 69.8 Å². The first-order valence-corrected chi connectivity index (χ1v) is 12.0. The summed E-state index contributed by atoms with van der Waals surface area (Å²) in [4.78, 5) is 4.64. The van der Waals surface area contributed by atoms with Crippen LogP contribution >= 0.6 is 0 Å². The molecule has 2 aromatic rings. The lowest BCUT2D eigenvalue weighted by atomic mass is 9.75. The van der Waals surface area contributed by atoms with Crippen molar-refractivity contribution in [1.29, 1.82) is 0 Å². The van der Waals surface area contributed by atoms with Gasteiger partial charge in [0.2, 0.25) is 0 Å². The molecule has 1 aliphatic carbocycles. The largest absolute Gasteiger partial charge is 0.494 e. The molecule has 3 rings (SSSR count). The van der Waals surface area contributed by atoms with E-state index in [4.69, 9.17) is 4.74 Å². The minimum atomic E-state index is 0.832. The third-order valence-corrected chi connectivity index (χ3v) is 6.51. The van der Waals surface area contributed by atoms with Gasteiger partial charge in [-0.25, -0.2) is 0 Å². The van der Waals surface area contributed by atoms with Crippen LogP contribution < -0.4 is 4.74 Å². The molecule has 29 heavy (non-hydrogen) atoms. The average Bonchev–Trinajstić information content (AvgIpc) is 2.77. The second kappa shape index (κ2) is 12.0. The van der Waals surface area contributed by atoms with E-state index in [-0.39, 0.29) is 0 Å². The van der Waals surface area contributed by atoms with Crippen LogP contribution in [0, 0.1) is 11.8 Å². The molecule has 2 unspecified atom stereocenters. The Bertz CT molecular complexity index is 689. The Morgan fingerprint density at radius 3 is 2.28 bits per heavy atom. The summed E-state index contributed by atoms with van der Waals surface area (Å²) < 4.78 is 6.03. The number of unbranched alkanes of at least 4 members (excludes halogenated alkanes) is 1. The zero-order chi connectivity index (χ0) is 20.3. The zero-order valence-corrected chi connectivity index (χ0v) is 18.5. The molecular formula is C27H39NO. The van der Waals surface area contributed by atoms with Crippen LogP contribution in [-0.2, 0) is 6.42 Å². The van der Waals surface area contributed by atoms with E-state index in [0.29, 0.717) is 0 Å². The maximum absolute atomic E-state index is 6.03. The Morgan fingerprint density at radius 1 is 0.862 bits per heavy atom. The highest BCUT2D eigenvalue weighted by molar-refractivity contribution is 5.60. The van der Waals surface area contributed by atoms with Gasteiger partial charge in [0.25, 0.3) is 0 Å². The van der Waals surface area contributed by atoms with Gasteiger partial charge in [-0.15, -0.1) is 0 Å². The quantitative estimate of drug-likeness (QED) is 0.362. The lowest BCUT2D eigenvalue weighted by Gasteiger charge is -2.31. The van der Waals surface area contributed by atoms with Crippen LogP contribution in [0.5, 0.6) is 5.75 Å². The molecule has 1 aromatic carbocycles. The van der Waals surface area contributed by atoms with Crippen molar-refractivity contribution >= 4 is 0 Å². The van der Waals surface area contributed by atoms with Gasteiger partial charge in [0.15, 0.2) is 0 Å². The number of ether oxygens (including phenoxy) is 1. The van der Waals surface area contributed by atoms with Crippen molar-refractivity contribution in [1.82, 2.24) is 4.98 Å². The summed E-state index contributed by atoms with van der Waals surface area (Å²) >= 11 is 0. The van der Waals surface area contributed by atoms with Gasteiger partial charge < -0.3 is 4.74 Å². The summed E-state index contributed by atoms with van der Waals surface area (Å²) in [5.41, 5.74) is 3.52. The van der Waals surface area contributed by atoms with E-state index in [9.17, 15) is 0 Å². The van der Waals surface area contributed by atoms with Crippen molar-refractivity contribution in [3.05, 3.63) is 48.2 Å². The zero-order valence-electron chi connectivity index (χ0n) is 18.5. The number of nitrogens with zero attached hydrogens (tertiary/aromatic N) is 1. The molecule has 158 valence electrons. The molecule has 2 heteroatoms. The van der Waals surface area contributed by atoms with Crippen molar-refractivity contribution in [2.45, 2.75) is 84.5 Å². The van der Waals surface area contributed by atoms with Crippen LogP contribution in [0.15, 0.2) is 42.6 Å². The molecule has 2 nitrogen and oxygen atoms in total. The van der Waals surface area contributed by atoms with E-state index < -0.39 is 0 Å². The lowest BCUT2D eigenvalue weighted by molar-refractivity contribution is 0.193. The molecule has 0 N–H and O–H groups in total. The minimum absolute atomic E-state index is 0.832. The van der Waals surface area contributed by atoms with Gasteiger partial charge in [0.1, 0.15) is 5.75 Å². The van der Waals surface area contributed by atoms with Crippen LogP contribution in [0.25, 0.3) is 11.3 Å². The Kier molecular flexibility index (Phi) is 9.05. The lowest BCUT2D eigenvalue weighted by Crippen LogP contribution is -2.20. The second-order valence-corrected chi connectivity index (χ2v) is 8.76. The van der Waals surface area contributed by atoms with Crippen LogP contribution in [0.2, 0.25) is 0 Å². The van der Waals surface area contributed by atoms with Gasteiger partial charge in [0, 0.05) is 11.8 Å². The van der Waals surface area contributed by atoms with Crippen molar-refractivity contribution in [2.24, 2.45) is 11.8 Å². The minimum Gasteiger partial charge on any atom is -0.494 e. The first-order valence-electron chi connectivity index (χ1n) is 12.0. The van der Waals surface area contributed by atoms with Gasteiger partial charge in [-0.1, -0.05) is 64.9 Å². The average molecular weight is 394 g/mol. The van der Waals surface area contributed by atoms with Gasteiger partial charge in [0.05, 0.1) is 12.3 Å². The molecule has 0 radical (unpaired) electrons. The highest BCUT2D eigenvalue weighted by Gasteiger charge is 2.23. The highest BCUT2D eigenvalue weighted by Crippen LogP contribution is 2.36. The van der Waals surface area contributed by atoms with Crippen molar-refractivity contribution in [3.8, 4) is 17.0 Å². The molecule has 1 heterocycles.